The van der Waals surface area contributed by atoms with E-state index in [1.54, 1.807) is 0 Å². The van der Waals surface area contributed by atoms with Crippen LogP contribution in [0.5, 0.6) is 0 Å². The SMILES string of the molecule is CC[N+](C)(CC)CC(O)CCl.[Cl-]. The average molecular weight is 216 g/mol. The molecule has 0 fully saturated rings. The minimum Gasteiger partial charge on any atom is -1.00 e. The van der Waals surface area contributed by atoms with Gasteiger partial charge in [-0.15, -0.1) is 11.6 Å². The Balaban J connectivity index is 0. The Bertz CT molecular complexity index is 107. The van der Waals surface area contributed by atoms with Crippen LogP contribution in [0, 0.1) is 0 Å². The second kappa shape index (κ2) is 6.96. The quantitative estimate of drug-likeness (QED) is 0.419. The van der Waals surface area contributed by atoms with Gasteiger partial charge in [0.05, 0.1) is 26.0 Å². The molecule has 76 valence electrons. The molecule has 0 heterocycles. The molecule has 0 aromatic carbocycles. The highest BCUT2D eigenvalue weighted by atomic mass is 35.5. The summed E-state index contributed by atoms with van der Waals surface area (Å²) in [6, 6.07) is 0. The number of hydrogen-bond donors (Lipinski definition) is 1. The number of halogens is 2. The van der Waals surface area contributed by atoms with Crippen LogP contribution in [0.4, 0.5) is 0 Å². The number of aliphatic hydroxyl groups excluding tert-OH is 1. The predicted octanol–water partition coefficient (Wildman–Crippen LogP) is -1.92. The van der Waals surface area contributed by atoms with Crippen molar-refractivity contribution in [3.05, 3.63) is 0 Å². The maximum atomic E-state index is 9.31. The van der Waals surface area contributed by atoms with E-state index in [9.17, 15) is 5.11 Å². The van der Waals surface area contributed by atoms with Crippen molar-refractivity contribution in [3.8, 4) is 0 Å². The summed E-state index contributed by atoms with van der Waals surface area (Å²) in [5, 5.41) is 9.31. The minimum atomic E-state index is -0.360. The molecule has 0 bridgehead atoms. The van der Waals surface area contributed by atoms with Crippen molar-refractivity contribution < 1.29 is 22.0 Å². The highest BCUT2D eigenvalue weighted by molar-refractivity contribution is 6.18. The van der Waals surface area contributed by atoms with Gasteiger partial charge in [-0.1, -0.05) is 0 Å². The van der Waals surface area contributed by atoms with E-state index < -0.39 is 0 Å². The summed E-state index contributed by atoms with van der Waals surface area (Å²) in [7, 11) is 2.13. The van der Waals surface area contributed by atoms with Gasteiger partial charge in [0.25, 0.3) is 0 Å². The number of rotatable bonds is 5. The largest absolute Gasteiger partial charge is 1.00 e. The van der Waals surface area contributed by atoms with Gasteiger partial charge in [0.1, 0.15) is 12.6 Å². The van der Waals surface area contributed by atoms with Crippen LogP contribution < -0.4 is 12.4 Å². The van der Waals surface area contributed by atoms with Gasteiger partial charge in [-0.25, -0.2) is 0 Å². The van der Waals surface area contributed by atoms with Crippen molar-refractivity contribution in [3.63, 3.8) is 0 Å². The van der Waals surface area contributed by atoms with Gasteiger partial charge in [-0.05, 0) is 13.8 Å². The van der Waals surface area contributed by atoms with Gasteiger partial charge < -0.3 is 22.0 Å². The van der Waals surface area contributed by atoms with Gasteiger partial charge in [0.2, 0.25) is 0 Å². The summed E-state index contributed by atoms with van der Waals surface area (Å²) in [5.74, 6) is 0.341. The van der Waals surface area contributed by atoms with E-state index in [0.29, 0.717) is 5.88 Å². The lowest BCUT2D eigenvalue weighted by molar-refractivity contribution is -0.908. The van der Waals surface area contributed by atoms with Crippen LogP contribution in [0.25, 0.3) is 0 Å². The second-order valence-corrected chi connectivity index (χ2v) is 3.55. The van der Waals surface area contributed by atoms with Crippen LogP contribution in [0.2, 0.25) is 0 Å². The van der Waals surface area contributed by atoms with E-state index in [-0.39, 0.29) is 18.5 Å². The third-order valence-corrected chi connectivity index (χ3v) is 2.71. The Morgan fingerprint density at radius 2 is 1.75 bits per heavy atom. The Hall–Kier alpha value is 0.500. The van der Waals surface area contributed by atoms with Crippen molar-refractivity contribution >= 4 is 11.6 Å². The van der Waals surface area contributed by atoms with Crippen LogP contribution >= 0.6 is 11.6 Å². The Kier molecular flexibility index (Phi) is 8.69. The molecule has 12 heavy (non-hydrogen) atoms. The molecule has 0 aliphatic heterocycles. The molecule has 0 aliphatic rings. The van der Waals surface area contributed by atoms with Gasteiger partial charge in [-0.3, -0.25) is 0 Å². The minimum absolute atomic E-state index is 0. The molecular formula is C8H19Cl2NO. The van der Waals surface area contributed by atoms with Crippen LogP contribution in [-0.4, -0.2) is 48.3 Å². The van der Waals surface area contributed by atoms with Crippen LogP contribution in [-0.2, 0) is 0 Å². The first kappa shape index (κ1) is 15.0. The fourth-order valence-corrected chi connectivity index (χ4v) is 1.14. The molecule has 0 radical (unpaired) electrons. The number of alkyl halides is 1. The first-order valence-electron chi connectivity index (χ1n) is 4.15. The zero-order valence-corrected chi connectivity index (χ0v) is 9.57. The smallest absolute Gasteiger partial charge is 0.116 e. The lowest BCUT2D eigenvalue weighted by Crippen LogP contribution is -3.00. The fourth-order valence-electron chi connectivity index (χ4n) is 1.04. The summed E-state index contributed by atoms with van der Waals surface area (Å²) >= 11 is 5.51. The maximum absolute atomic E-state index is 9.31. The summed E-state index contributed by atoms with van der Waals surface area (Å²) in [4.78, 5) is 0. The van der Waals surface area contributed by atoms with E-state index in [2.05, 4.69) is 20.9 Å². The summed E-state index contributed by atoms with van der Waals surface area (Å²) in [5.41, 5.74) is 0. The maximum Gasteiger partial charge on any atom is 0.116 e. The lowest BCUT2D eigenvalue weighted by atomic mass is 10.3. The van der Waals surface area contributed by atoms with E-state index in [4.69, 9.17) is 11.6 Å². The topological polar surface area (TPSA) is 20.2 Å². The standard InChI is InChI=1S/C8H19ClNO.ClH/c1-4-10(3,5-2)7-8(11)6-9;/h8,11H,4-7H2,1-3H3;1H/q+1;/p-1. The summed E-state index contributed by atoms with van der Waals surface area (Å²) in [6.07, 6.45) is -0.360. The van der Waals surface area contributed by atoms with Crippen molar-refractivity contribution in [2.75, 3.05) is 32.6 Å². The Labute approximate surface area is 86.5 Å². The molecular weight excluding hydrogens is 197 g/mol. The third kappa shape index (κ3) is 5.20. The molecule has 0 saturated heterocycles. The number of likely N-dealkylation sites (N-methyl/N-ethyl adjacent to an activating group) is 1. The Morgan fingerprint density at radius 1 is 1.33 bits per heavy atom. The molecule has 1 atom stereocenters. The number of quaternary nitrogens is 1. The first-order valence-corrected chi connectivity index (χ1v) is 4.69. The fraction of sp³-hybridized carbons (Fsp3) is 1.00. The first-order chi connectivity index (χ1) is 5.08. The van der Waals surface area contributed by atoms with E-state index in [1.165, 1.54) is 0 Å². The highest BCUT2D eigenvalue weighted by Crippen LogP contribution is 2.03. The average Bonchev–Trinajstić information content (AvgIpc) is 2.04. The van der Waals surface area contributed by atoms with Crippen LogP contribution in [0.15, 0.2) is 0 Å². The predicted molar refractivity (Wildman–Crippen MR) is 48.9 cm³/mol. The molecule has 0 spiro atoms. The number of hydrogen-bond acceptors (Lipinski definition) is 1. The van der Waals surface area contributed by atoms with Gasteiger partial charge in [0.15, 0.2) is 0 Å². The zero-order valence-electron chi connectivity index (χ0n) is 8.06. The van der Waals surface area contributed by atoms with E-state index in [0.717, 1.165) is 24.1 Å². The molecule has 0 rings (SSSR count). The van der Waals surface area contributed by atoms with Crippen molar-refractivity contribution in [1.82, 2.24) is 0 Å². The van der Waals surface area contributed by atoms with Crippen LogP contribution in [0.1, 0.15) is 13.8 Å². The van der Waals surface area contributed by atoms with Gasteiger partial charge >= 0.3 is 0 Å². The Morgan fingerprint density at radius 3 is 2.00 bits per heavy atom. The molecule has 4 heteroatoms. The lowest BCUT2D eigenvalue weighted by Gasteiger charge is -2.33. The third-order valence-electron chi connectivity index (χ3n) is 2.36. The molecule has 0 saturated carbocycles. The molecule has 2 nitrogen and oxygen atoms in total. The van der Waals surface area contributed by atoms with Gasteiger partial charge in [-0.2, -0.15) is 0 Å². The summed E-state index contributed by atoms with van der Waals surface area (Å²) < 4.78 is 0.897. The zero-order chi connectivity index (χ0) is 8.91. The van der Waals surface area contributed by atoms with Crippen molar-refractivity contribution in [2.45, 2.75) is 20.0 Å². The second-order valence-electron chi connectivity index (χ2n) is 3.24. The number of nitrogens with zero attached hydrogens (tertiary/aromatic N) is 1. The molecule has 0 amide bonds. The van der Waals surface area contributed by atoms with E-state index in [1.807, 2.05) is 0 Å². The number of aliphatic hydroxyl groups is 1. The van der Waals surface area contributed by atoms with Gasteiger partial charge in [0, 0.05) is 0 Å². The highest BCUT2D eigenvalue weighted by Gasteiger charge is 2.20. The summed E-state index contributed by atoms with van der Waals surface area (Å²) in [6.45, 7) is 7.11. The molecule has 1 N–H and O–H groups in total. The van der Waals surface area contributed by atoms with Crippen molar-refractivity contribution in [2.24, 2.45) is 0 Å². The van der Waals surface area contributed by atoms with Crippen molar-refractivity contribution in [1.29, 1.82) is 0 Å². The molecule has 1 unspecified atom stereocenters. The van der Waals surface area contributed by atoms with Crippen LogP contribution in [0.3, 0.4) is 0 Å². The molecule has 0 aromatic heterocycles. The molecule has 0 aliphatic carbocycles. The van der Waals surface area contributed by atoms with E-state index >= 15 is 0 Å². The molecule has 0 aromatic rings. The normalized spacial score (nSPS) is 13.8. The monoisotopic (exact) mass is 215 g/mol.